The molecule has 0 atom stereocenters. The number of alkyl halides is 2. The Labute approximate surface area is 137 Å². The van der Waals surface area contributed by atoms with Crippen molar-refractivity contribution in [1.29, 1.82) is 0 Å². The molecule has 3 aromatic heterocycles. The molecular formula is C15H10F2N4O2S. The molecule has 3 heterocycles. The fourth-order valence-corrected chi connectivity index (χ4v) is 3.11. The number of aromatic nitrogens is 4. The largest absolute Gasteiger partial charge is 0.437 e. The topological polar surface area (TPSA) is 65.8 Å². The summed E-state index contributed by atoms with van der Waals surface area (Å²) in [5, 5.41) is 5.89. The monoisotopic (exact) mass is 348 g/mol. The van der Waals surface area contributed by atoms with Gasteiger partial charge in [-0.2, -0.15) is 13.5 Å². The molecule has 0 aliphatic carbocycles. The summed E-state index contributed by atoms with van der Waals surface area (Å²) in [6.45, 7) is -2.97. The van der Waals surface area contributed by atoms with E-state index in [0.717, 1.165) is 9.25 Å². The van der Waals surface area contributed by atoms with E-state index in [4.69, 9.17) is 4.42 Å². The van der Waals surface area contributed by atoms with Crippen LogP contribution in [0, 0.1) is 0 Å². The van der Waals surface area contributed by atoms with E-state index in [9.17, 15) is 13.6 Å². The molecule has 24 heavy (non-hydrogen) atoms. The SMILES string of the molecule is O=c1oc(-c2cccs2)nn1Cc1nc2ccccc2n1C(F)F. The third-order valence-electron chi connectivity index (χ3n) is 3.49. The lowest BCUT2D eigenvalue weighted by Gasteiger charge is -2.06. The summed E-state index contributed by atoms with van der Waals surface area (Å²) in [6.07, 6.45) is 0. The molecule has 0 amide bonds. The molecule has 0 aliphatic heterocycles. The molecule has 0 saturated carbocycles. The van der Waals surface area contributed by atoms with E-state index in [1.54, 1.807) is 36.4 Å². The number of hydrogen-bond acceptors (Lipinski definition) is 5. The molecule has 0 radical (unpaired) electrons. The van der Waals surface area contributed by atoms with Crippen LogP contribution in [0.5, 0.6) is 0 Å². The first-order valence-electron chi connectivity index (χ1n) is 6.99. The lowest BCUT2D eigenvalue weighted by Crippen LogP contribution is -2.19. The van der Waals surface area contributed by atoms with Crippen molar-refractivity contribution in [1.82, 2.24) is 19.3 Å². The van der Waals surface area contributed by atoms with Crippen LogP contribution in [0.4, 0.5) is 8.78 Å². The molecular weight excluding hydrogens is 338 g/mol. The van der Waals surface area contributed by atoms with Crippen LogP contribution in [-0.2, 0) is 6.54 Å². The Balaban J connectivity index is 1.77. The van der Waals surface area contributed by atoms with Crippen molar-refractivity contribution in [2.45, 2.75) is 13.1 Å². The second-order valence-corrected chi connectivity index (χ2v) is 5.92. The van der Waals surface area contributed by atoms with E-state index in [0.29, 0.717) is 15.9 Å². The zero-order chi connectivity index (χ0) is 16.7. The maximum absolute atomic E-state index is 13.4. The second kappa shape index (κ2) is 5.68. The van der Waals surface area contributed by atoms with Crippen molar-refractivity contribution in [3.8, 4) is 10.8 Å². The highest BCUT2D eigenvalue weighted by atomic mass is 32.1. The van der Waals surface area contributed by atoms with E-state index in [2.05, 4.69) is 10.1 Å². The lowest BCUT2D eigenvalue weighted by molar-refractivity contribution is 0.0709. The number of hydrogen-bond donors (Lipinski definition) is 0. The standard InChI is InChI=1S/C15H10F2N4O2S/c16-14(17)21-10-5-2-1-4-9(10)18-12(21)8-20-15(22)23-13(19-20)11-6-3-7-24-11/h1-7,14H,8H2. The molecule has 0 aliphatic rings. The van der Waals surface area contributed by atoms with Crippen molar-refractivity contribution in [3.05, 3.63) is 58.2 Å². The zero-order valence-corrected chi connectivity index (χ0v) is 12.9. The predicted molar refractivity (Wildman–Crippen MR) is 84.2 cm³/mol. The molecule has 6 nitrogen and oxygen atoms in total. The first-order chi connectivity index (χ1) is 11.6. The van der Waals surface area contributed by atoms with E-state index in [1.165, 1.54) is 11.3 Å². The van der Waals surface area contributed by atoms with Crippen LogP contribution in [0.3, 0.4) is 0 Å². The molecule has 0 fully saturated rings. The summed E-state index contributed by atoms with van der Waals surface area (Å²) in [7, 11) is 0. The lowest BCUT2D eigenvalue weighted by atomic mass is 10.3. The Morgan fingerprint density at radius 2 is 2.04 bits per heavy atom. The molecule has 4 aromatic rings. The summed E-state index contributed by atoms with van der Waals surface area (Å²) in [5.41, 5.74) is 0.736. The highest BCUT2D eigenvalue weighted by Gasteiger charge is 2.20. The van der Waals surface area contributed by atoms with Gasteiger partial charge in [0, 0.05) is 0 Å². The fourth-order valence-electron chi connectivity index (χ4n) is 2.46. The number of rotatable bonds is 4. The van der Waals surface area contributed by atoms with Gasteiger partial charge in [0.2, 0.25) is 0 Å². The molecule has 0 unspecified atom stereocenters. The van der Waals surface area contributed by atoms with Crippen LogP contribution < -0.4 is 5.76 Å². The third-order valence-corrected chi connectivity index (χ3v) is 4.35. The number of nitrogens with zero attached hydrogens (tertiary/aromatic N) is 4. The molecule has 0 N–H and O–H groups in total. The van der Waals surface area contributed by atoms with Crippen LogP contribution >= 0.6 is 11.3 Å². The van der Waals surface area contributed by atoms with Crippen LogP contribution in [0.1, 0.15) is 12.4 Å². The van der Waals surface area contributed by atoms with Gasteiger partial charge in [-0.1, -0.05) is 18.2 Å². The Morgan fingerprint density at radius 1 is 1.21 bits per heavy atom. The molecule has 4 rings (SSSR count). The molecule has 9 heteroatoms. The predicted octanol–water partition coefficient (Wildman–Crippen LogP) is 3.36. The Hall–Kier alpha value is -2.81. The van der Waals surface area contributed by atoms with Gasteiger partial charge >= 0.3 is 12.3 Å². The minimum Gasteiger partial charge on any atom is -0.387 e. The van der Waals surface area contributed by atoms with Crippen molar-refractivity contribution in [3.63, 3.8) is 0 Å². The van der Waals surface area contributed by atoms with Gasteiger partial charge in [-0.25, -0.2) is 9.78 Å². The number of halogens is 2. The van der Waals surface area contributed by atoms with Gasteiger partial charge in [0.05, 0.1) is 15.9 Å². The molecule has 0 bridgehead atoms. The molecule has 0 spiro atoms. The minimum atomic E-state index is -2.77. The van der Waals surface area contributed by atoms with Gasteiger partial charge in [-0.3, -0.25) is 4.57 Å². The number of thiophene rings is 1. The molecule has 0 saturated heterocycles. The first kappa shape index (κ1) is 14.8. The van der Waals surface area contributed by atoms with Gasteiger partial charge in [-0.15, -0.1) is 16.4 Å². The van der Waals surface area contributed by atoms with E-state index in [1.807, 2.05) is 5.38 Å². The summed E-state index contributed by atoms with van der Waals surface area (Å²) >= 11 is 1.37. The van der Waals surface area contributed by atoms with Crippen molar-refractivity contribution in [2.24, 2.45) is 0 Å². The number of fused-ring (bicyclic) bond motifs is 1. The average Bonchev–Trinajstić information content (AvgIpc) is 3.26. The van der Waals surface area contributed by atoms with E-state index < -0.39 is 12.3 Å². The van der Waals surface area contributed by atoms with Gasteiger partial charge < -0.3 is 4.42 Å². The highest BCUT2D eigenvalue weighted by molar-refractivity contribution is 7.13. The maximum Gasteiger partial charge on any atom is 0.437 e. The second-order valence-electron chi connectivity index (χ2n) is 4.97. The average molecular weight is 348 g/mol. The van der Waals surface area contributed by atoms with E-state index in [-0.39, 0.29) is 18.3 Å². The van der Waals surface area contributed by atoms with Crippen LogP contribution in [0.15, 0.2) is 51.0 Å². The summed E-state index contributed by atoms with van der Waals surface area (Å²) < 4.78 is 33.7. The van der Waals surface area contributed by atoms with Crippen molar-refractivity contribution < 1.29 is 13.2 Å². The van der Waals surface area contributed by atoms with Gasteiger partial charge in [0.25, 0.3) is 5.89 Å². The van der Waals surface area contributed by atoms with Gasteiger partial charge in [0.1, 0.15) is 12.4 Å². The molecule has 122 valence electrons. The van der Waals surface area contributed by atoms with Gasteiger partial charge in [-0.05, 0) is 23.6 Å². The third kappa shape index (κ3) is 2.42. The summed E-state index contributed by atoms with van der Waals surface area (Å²) in [4.78, 5) is 16.8. The minimum absolute atomic E-state index is 0.0410. The number of para-hydroxylation sites is 2. The normalized spacial score (nSPS) is 11.6. The molecule has 1 aromatic carbocycles. The quantitative estimate of drug-likeness (QED) is 0.567. The highest BCUT2D eigenvalue weighted by Crippen LogP contribution is 2.24. The van der Waals surface area contributed by atoms with Crippen LogP contribution in [0.25, 0.3) is 21.8 Å². The number of imidazole rings is 1. The van der Waals surface area contributed by atoms with Crippen LogP contribution in [-0.4, -0.2) is 19.3 Å². The van der Waals surface area contributed by atoms with Crippen molar-refractivity contribution >= 4 is 22.4 Å². The Bertz CT molecular complexity index is 1050. The summed E-state index contributed by atoms with van der Waals surface area (Å²) in [6, 6.07) is 10.1. The Kier molecular flexibility index (Phi) is 3.49. The van der Waals surface area contributed by atoms with Crippen LogP contribution in [0.2, 0.25) is 0 Å². The first-order valence-corrected chi connectivity index (χ1v) is 7.87. The van der Waals surface area contributed by atoms with E-state index >= 15 is 0 Å². The Morgan fingerprint density at radius 3 is 2.79 bits per heavy atom. The number of benzene rings is 1. The van der Waals surface area contributed by atoms with Gasteiger partial charge in [0.15, 0.2) is 0 Å². The maximum atomic E-state index is 13.4. The zero-order valence-electron chi connectivity index (χ0n) is 12.1. The smallest absolute Gasteiger partial charge is 0.387 e. The van der Waals surface area contributed by atoms with Crippen molar-refractivity contribution in [2.75, 3.05) is 0 Å². The fraction of sp³-hybridized carbons (Fsp3) is 0.133. The summed E-state index contributed by atoms with van der Waals surface area (Å²) in [5.74, 6) is -0.514.